The lowest BCUT2D eigenvalue weighted by molar-refractivity contribution is 0.0299. The molecule has 0 spiro atoms. The summed E-state index contributed by atoms with van der Waals surface area (Å²) in [6.07, 6.45) is 3.50. The molecule has 3 aromatic heterocycles. The van der Waals surface area contributed by atoms with Crippen molar-refractivity contribution in [3.8, 4) is 17.1 Å². The van der Waals surface area contributed by atoms with Gasteiger partial charge in [0.2, 0.25) is 0 Å². The van der Waals surface area contributed by atoms with Crippen molar-refractivity contribution in [2.24, 2.45) is 0 Å². The van der Waals surface area contributed by atoms with Crippen LogP contribution in [0.2, 0.25) is 0 Å². The summed E-state index contributed by atoms with van der Waals surface area (Å²) in [4.78, 5) is 23.2. The highest BCUT2D eigenvalue weighted by molar-refractivity contribution is 7.98. The average molecular weight is 479 g/mol. The summed E-state index contributed by atoms with van der Waals surface area (Å²) in [6, 6.07) is 12.0. The lowest BCUT2D eigenvalue weighted by Gasteiger charge is -2.25. The highest BCUT2D eigenvalue weighted by atomic mass is 32.2. The van der Waals surface area contributed by atoms with E-state index >= 15 is 0 Å². The first-order valence-electron chi connectivity index (χ1n) is 10.6. The third-order valence-electron chi connectivity index (χ3n) is 5.32. The molecule has 10 heteroatoms. The number of hydrogen-bond acceptors (Lipinski definition) is 8. The molecule has 1 amide bonds. The van der Waals surface area contributed by atoms with Gasteiger partial charge in [0.05, 0.1) is 24.7 Å². The van der Waals surface area contributed by atoms with Crippen molar-refractivity contribution < 1.29 is 9.53 Å². The molecule has 168 valence electrons. The molecular weight excluding hydrogens is 456 g/mol. The molecule has 1 saturated heterocycles. The molecule has 1 aromatic carbocycles. The summed E-state index contributed by atoms with van der Waals surface area (Å²) in [5.41, 5.74) is 3.59. The van der Waals surface area contributed by atoms with Crippen molar-refractivity contribution in [2.75, 3.05) is 26.3 Å². The van der Waals surface area contributed by atoms with Gasteiger partial charge in [-0.2, -0.15) is 0 Å². The van der Waals surface area contributed by atoms with Crippen molar-refractivity contribution in [3.05, 3.63) is 70.4 Å². The molecule has 8 nitrogen and oxygen atoms in total. The van der Waals surface area contributed by atoms with Gasteiger partial charge in [-0.3, -0.25) is 14.3 Å². The lowest BCUT2D eigenvalue weighted by atomic mass is 10.2. The van der Waals surface area contributed by atoms with Crippen LogP contribution < -0.4 is 0 Å². The van der Waals surface area contributed by atoms with E-state index in [0.717, 1.165) is 32.8 Å². The topological polar surface area (TPSA) is 86.0 Å². The third kappa shape index (κ3) is 4.68. The number of thioether (sulfide) groups is 1. The molecule has 33 heavy (non-hydrogen) atoms. The number of nitrogens with zero attached hydrogens (tertiary/aromatic N) is 6. The van der Waals surface area contributed by atoms with Crippen LogP contribution in [-0.2, 0) is 10.5 Å². The first kappa shape index (κ1) is 21.7. The Kier molecular flexibility index (Phi) is 6.47. The van der Waals surface area contributed by atoms with Crippen LogP contribution in [-0.4, -0.2) is 61.8 Å². The van der Waals surface area contributed by atoms with Crippen LogP contribution in [0.3, 0.4) is 0 Å². The zero-order chi connectivity index (χ0) is 22.6. The lowest BCUT2D eigenvalue weighted by Crippen LogP contribution is -2.40. The number of carbonyl (C=O) groups excluding carboxylic acids is 1. The smallest absolute Gasteiger partial charge is 0.273 e. The maximum Gasteiger partial charge on any atom is 0.273 e. The van der Waals surface area contributed by atoms with Gasteiger partial charge in [-0.1, -0.05) is 30.0 Å². The van der Waals surface area contributed by atoms with E-state index in [2.05, 4.69) is 43.8 Å². The van der Waals surface area contributed by atoms with Gasteiger partial charge in [0, 0.05) is 36.4 Å². The predicted octanol–water partition coefficient (Wildman–Crippen LogP) is 3.86. The third-order valence-corrected chi connectivity index (χ3v) is 7.29. The fraction of sp³-hybridized carbons (Fsp3) is 0.261. The Labute approximate surface area is 199 Å². The highest BCUT2D eigenvalue weighted by Crippen LogP contribution is 2.31. The number of hydrogen-bond donors (Lipinski definition) is 0. The maximum atomic E-state index is 12.7. The van der Waals surface area contributed by atoms with Gasteiger partial charge in [-0.15, -0.1) is 21.5 Å². The number of para-hydroxylation sites is 1. The molecule has 1 fully saturated rings. The summed E-state index contributed by atoms with van der Waals surface area (Å²) in [7, 11) is 0. The van der Waals surface area contributed by atoms with Gasteiger partial charge in [0.15, 0.2) is 11.0 Å². The molecule has 5 rings (SSSR count). The Morgan fingerprint density at radius 3 is 2.70 bits per heavy atom. The molecule has 0 saturated carbocycles. The predicted molar refractivity (Wildman–Crippen MR) is 128 cm³/mol. The van der Waals surface area contributed by atoms with E-state index in [0.29, 0.717) is 37.8 Å². The van der Waals surface area contributed by atoms with Crippen LogP contribution in [0.25, 0.3) is 17.1 Å². The SMILES string of the molecule is Cc1ccccc1-n1c(SCc2nc(C(=O)N3CCOCC3)cs2)nnc1-c1ccncc1. The number of amides is 1. The molecule has 1 aliphatic heterocycles. The molecule has 4 aromatic rings. The van der Waals surface area contributed by atoms with Crippen molar-refractivity contribution in [3.63, 3.8) is 0 Å². The monoisotopic (exact) mass is 478 g/mol. The zero-order valence-corrected chi connectivity index (χ0v) is 19.7. The van der Waals surface area contributed by atoms with Gasteiger partial charge in [-0.25, -0.2) is 4.98 Å². The second-order valence-electron chi connectivity index (χ2n) is 7.48. The summed E-state index contributed by atoms with van der Waals surface area (Å²) >= 11 is 3.05. The van der Waals surface area contributed by atoms with E-state index in [1.165, 1.54) is 11.3 Å². The molecule has 0 unspecified atom stereocenters. The Balaban J connectivity index is 1.39. The number of carbonyl (C=O) groups is 1. The maximum absolute atomic E-state index is 12.7. The van der Waals surface area contributed by atoms with Gasteiger partial charge < -0.3 is 9.64 Å². The molecule has 1 aliphatic rings. The summed E-state index contributed by atoms with van der Waals surface area (Å²) in [5, 5.41) is 12.5. The fourth-order valence-electron chi connectivity index (χ4n) is 3.61. The first-order chi connectivity index (χ1) is 16.2. The van der Waals surface area contributed by atoms with Gasteiger partial charge in [0.1, 0.15) is 10.7 Å². The van der Waals surface area contributed by atoms with E-state index in [-0.39, 0.29) is 5.91 Å². The Morgan fingerprint density at radius 2 is 1.91 bits per heavy atom. The van der Waals surface area contributed by atoms with E-state index in [4.69, 9.17) is 4.74 Å². The quantitative estimate of drug-likeness (QED) is 0.389. The molecule has 0 radical (unpaired) electrons. The minimum Gasteiger partial charge on any atom is -0.378 e. The summed E-state index contributed by atoms with van der Waals surface area (Å²) < 4.78 is 7.41. The second kappa shape index (κ2) is 9.82. The standard InChI is InChI=1S/C23H22N6O2S2/c1-16-4-2-3-5-19(16)29-21(17-6-8-24-9-7-17)26-27-23(29)33-15-20-25-18(14-32-20)22(30)28-10-12-31-13-11-28/h2-9,14H,10-13,15H2,1H3. The number of aryl methyl sites for hydroxylation is 1. The summed E-state index contributed by atoms with van der Waals surface area (Å²) in [5.74, 6) is 1.33. The van der Waals surface area contributed by atoms with E-state index in [1.807, 2.05) is 29.6 Å². The highest BCUT2D eigenvalue weighted by Gasteiger charge is 2.22. The first-order valence-corrected chi connectivity index (χ1v) is 12.4. The van der Waals surface area contributed by atoms with Crippen LogP contribution in [0.4, 0.5) is 0 Å². The zero-order valence-electron chi connectivity index (χ0n) is 18.0. The fourth-order valence-corrected chi connectivity index (χ4v) is 5.34. The Bertz CT molecular complexity index is 1250. The van der Waals surface area contributed by atoms with Crippen molar-refractivity contribution >= 4 is 29.0 Å². The molecule has 4 heterocycles. The molecule has 0 aliphatic carbocycles. The largest absolute Gasteiger partial charge is 0.378 e. The van der Waals surface area contributed by atoms with Crippen molar-refractivity contribution in [2.45, 2.75) is 17.8 Å². The number of thiazole rings is 1. The molecule has 0 N–H and O–H groups in total. The van der Waals surface area contributed by atoms with E-state index in [1.54, 1.807) is 29.1 Å². The number of rotatable bonds is 6. The van der Waals surface area contributed by atoms with Gasteiger partial charge in [-0.05, 0) is 30.7 Å². The number of morpholine rings is 1. The van der Waals surface area contributed by atoms with E-state index < -0.39 is 0 Å². The van der Waals surface area contributed by atoms with Gasteiger partial charge in [0.25, 0.3) is 5.91 Å². The second-order valence-corrected chi connectivity index (χ2v) is 9.37. The summed E-state index contributed by atoms with van der Waals surface area (Å²) in [6.45, 7) is 4.44. The van der Waals surface area contributed by atoms with Crippen LogP contribution in [0.1, 0.15) is 21.1 Å². The molecule has 0 atom stereocenters. The number of pyridine rings is 1. The van der Waals surface area contributed by atoms with Gasteiger partial charge >= 0.3 is 0 Å². The normalized spacial score (nSPS) is 13.9. The minimum atomic E-state index is -0.0335. The number of benzene rings is 1. The van der Waals surface area contributed by atoms with Crippen LogP contribution in [0, 0.1) is 6.92 Å². The van der Waals surface area contributed by atoms with Crippen molar-refractivity contribution in [1.82, 2.24) is 29.6 Å². The average Bonchev–Trinajstić information content (AvgIpc) is 3.51. The molecule has 0 bridgehead atoms. The van der Waals surface area contributed by atoms with E-state index in [9.17, 15) is 4.79 Å². The van der Waals surface area contributed by atoms with Crippen LogP contribution in [0.5, 0.6) is 0 Å². The van der Waals surface area contributed by atoms with Crippen LogP contribution >= 0.6 is 23.1 Å². The minimum absolute atomic E-state index is 0.0335. The van der Waals surface area contributed by atoms with Crippen molar-refractivity contribution in [1.29, 1.82) is 0 Å². The Hall–Kier alpha value is -3.08. The number of ether oxygens (including phenoxy) is 1. The van der Waals surface area contributed by atoms with Crippen LogP contribution in [0.15, 0.2) is 59.3 Å². The molecular formula is C23H22N6O2S2. The number of aromatic nitrogens is 5. The Morgan fingerprint density at radius 1 is 1.12 bits per heavy atom.